The van der Waals surface area contributed by atoms with Gasteiger partial charge in [-0.05, 0) is 83.1 Å². The predicted octanol–water partition coefficient (Wildman–Crippen LogP) is 7.45. The lowest BCUT2D eigenvalue weighted by Crippen LogP contribution is -2.44. The lowest BCUT2D eigenvalue weighted by Gasteiger charge is -2.46. The van der Waals surface area contributed by atoms with Crippen molar-refractivity contribution in [1.82, 2.24) is 9.34 Å². The molecular formula is C22H46IN2O2PS2. The molecule has 8 heteroatoms. The van der Waals surface area contributed by atoms with Gasteiger partial charge in [-0.15, -0.1) is 0 Å². The molecule has 0 aliphatic carbocycles. The highest BCUT2D eigenvalue weighted by molar-refractivity contribution is 14.1. The average molecular weight is 593 g/mol. The summed E-state index contributed by atoms with van der Waals surface area (Å²) in [4.78, 5) is 11.9. The van der Waals surface area contributed by atoms with Gasteiger partial charge >= 0.3 is 0 Å². The number of alkyl halides is 1. The molecule has 0 aromatic carbocycles. The normalized spacial score (nSPS) is 13.9. The van der Waals surface area contributed by atoms with E-state index in [1.807, 2.05) is 11.8 Å². The fraction of sp³-hybridized carbons (Fsp3) is 0.955. The molecule has 0 atom stereocenters. The van der Waals surface area contributed by atoms with Crippen LogP contribution in [0.15, 0.2) is 0 Å². The Kier molecular flexibility index (Phi) is 14.6. The molecule has 0 rings (SSSR count). The molecule has 0 bridgehead atoms. The molecule has 0 aromatic heterocycles. The van der Waals surface area contributed by atoms with E-state index in [-0.39, 0.29) is 14.6 Å². The van der Waals surface area contributed by atoms with Crippen molar-refractivity contribution >= 4 is 59.7 Å². The van der Waals surface area contributed by atoms with E-state index in [0.717, 1.165) is 5.75 Å². The van der Waals surface area contributed by atoms with E-state index in [9.17, 15) is 4.79 Å². The predicted molar refractivity (Wildman–Crippen MR) is 149 cm³/mol. The summed E-state index contributed by atoms with van der Waals surface area (Å²) >= 11 is 5.53. The fourth-order valence-electron chi connectivity index (χ4n) is 3.22. The molecule has 0 unspecified atom stereocenters. The summed E-state index contributed by atoms with van der Waals surface area (Å²) in [5.74, 6) is 0.921. The van der Waals surface area contributed by atoms with E-state index in [1.54, 1.807) is 0 Å². The van der Waals surface area contributed by atoms with Crippen LogP contribution in [0, 0.1) is 0 Å². The first kappa shape index (κ1) is 31.4. The van der Waals surface area contributed by atoms with E-state index in [4.69, 9.17) is 4.52 Å². The Bertz CT molecular complexity index is 481. The van der Waals surface area contributed by atoms with E-state index in [0.29, 0.717) is 35.2 Å². The van der Waals surface area contributed by atoms with Crippen LogP contribution in [0.5, 0.6) is 0 Å². The van der Waals surface area contributed by atoms with Gasteiger partial charge in [-0.3, -0.25) is 4.79 Å². The van der Waals surface area contributed by atoms with Crippen LogP contribution < -0.4 is 0 Å². The summed E-state index contributed by atoms with van der Waals surface area (Å²) in [6.07, 6.45) is 0. The highest BCUT2D eigenvalue weighted by Gasteiger charge is 2.36. The minimum Gasteiger partial charge on any atom is -0.330 e. The molecule has 0 amide bonds. The van der Waals surface area contributed by atoms with Crippen LogP contribution in [-0.4, -0.2) is 64.9 Å². The largest absolute Gasteiger partial charge is 0.330 e. The van der Waals surface area contributed by atoms with E-state index in [1.165, 1.54) is 11.8 Å². The Balaban J connectivity index is 5.38. The number of rotatable bonds is 14. The van der Waals surface area contributed by atoms with Gasteiger partial charge in [-0.1, -0.05) is 34.4 Å². The standard InChI is InChI=1S/C22H46IN2O2PS2/c1-16(2)24(17(3)4)28(25(18(5)6)19(7)8)27-14-21(9,10)29-15-22(11,12)30-20(26)13-23/h16-19H,13-15H2,1-12H3. The molecule has 0 spiro atoms. The average Bonchev–Trinajstić information content (AvgIpc) is 2.56. The monoisotopic (exact) mass is 592 g/mol. The van der Waals surface area contributed by atoms with Crippen molar-refractivity contribution in [1.29, 1.82) is 0 Å². The second-order valence-electron chi connectivity index (χ2n) is 10.1. The SMILES string of the molecule is CC(C)N(C(C)C)P(OCC(C)(C)SCC(C)(C)SC(=O)CI)N(C(C)C)C(C)C. The number of carbonyl (C=O) groups excluding carboxylic acids is 1. The summed E-state index contributed by atoms with van der Waals surface area (Å²) in [6, 6.07) is 1.67. The van der Waals surface area contributed by atoms with Gasteiger partial charge in [-0.2, -0.15) is 11.8 Å². The maximum atomic E-state index is 11.9. The lowest BCUT2D eigenvalue weighted by atomic mass is 10.2. The van der Waals surface area contributed by atoms with Crippen molar-refractivity contribution in [2.24, 2.45) is 0 Å². The van der Waals surface area contributed by atoms with Crippen LogP contribution in [0.1, 0.15) is 83.1 Å². The zero-order chi connectivity index (χ0) is 23.9. The zero-order valence-corrected chi connectivity index (χ0v) is 26.0. The number of nitrogens with zero attached hydrogens (tertiary/aromatic N) is 2. The van der Waals surface area contributed by atoms with Crippen molar-refractivity contribution in [3.05, 3.63) is 0 Å². The van der Waals surface area contributed by atoms with Gasteiger partial charge in [0.05, 0.1) is 11.0 Å². The van der Waals surface area contributed by atoms with Crippen molar-refractivity contribution < 1.29 is 9.32 Å². The van der Waals surface area contributed by atoms with Crippen molar-refractivity contribution in [2.75, 3.05) is 16.8 Å². The molecule has 180 valence electrons. The summed E-state index contributed by atoms with van der Waals surface area (Å²) < 4.78 is 12.3. The Morgan fingerprint density at radius 1 is 0.867 bits per heavy atom. The molecule has 0 saturated heterocycles. The number of hydrogen-bond donors (Lipinski definition) is 0. The smallest absolute Gasteiger partial charge is 0.199 e. The Hall–Kier alpha value is 1.41. The molecule has 0 radical (unpaired) electrons. The topological polar surface area (TPSA) is 32.8 Å². The molecule has 0 N–H and O–H groups in total. The summed E-state index contributed by atoms with van der Waals surface area (Å²) in [6.45, 7) is 27.7. The molecule has 4 nitrogen and oxygen atoms in total. The van der Waals surface area contributed by atoms with Crippen LogP contribution in [0.4, 0.5) is 0 Å². The van der Waals surface area contributed by atoms with Gasteiger partial charge in [0.1, 0.15) is 0 Å². The van der Waals surface area contributed by atoms with Gasteiger partial charge in [-0.25, -0.2) is 9.34 Å². The molecule has 30 heavy (non-hydrogen) atoms. The van der Waals surface area contributed by atoms with Gasteiger partial charge in [0.2, 0.25) is 0 Å². The second-order valence-corrected chi connectivity index (χ2v) is 16.0. The van der Waals surface area contributed by atoms with E-state index in [2.05, 4.69) is 115 Å². The Morgan fingerprint density at radius 3 is 1.60 bits per heavy atom. The maximum Gasteiger partial charge on any atom is 0.199 e. The quantitative estimate of drug-likeness (QED) is 0.118. The van der Waals surface area contributed by atoms with Gasteiger partial charge in [0, 0.05) is 39.4 Å². The Labute approximate surface area is 210 Å². The third kappa shape index (κ3) is 11.5. The van der Waals surface area contributed by atoms with Crippen molar-refractivity contribution in [3.63, 3.8) is 0 Å². The van der Waals surface area contributed by atoms with E-state index < -0.39 is 8.45 Å². The third-order valence-electron chi connectivity index (χ3n) is 4.35. The molecule has 0 aliphatic heterocycles. The number of hydrogen-bond acceptors (Lipinski definition) is 6. The Morgan fingerprint density at radius 2 is 1.27 bits per heavy atom. The minimum absolute atomic E-state index is 0.0228. The first-order valence-electron chi connectivity index (χ1n) is 11.0. The van der Waals surface area contributed by atoms with Gasteiger partial charge in [0.25, 0.3) is 0 Å². The molecule has 0 aromatic rings. The van der Waals surface area contributed by atoms with Crippen LogP contribution in [0.3, 0.4) is 0 Å². The first-order valence-corrected chi connectivity index (χ1v) is 15.4. The summed E-state index contributed by atoms with van der Waals surface area (Å²) in [7, 11) is -0.872. The van der Waals surface area contributed by atoms with Gasteiger partial charge in [0.15, 0.2) is 13.6 Å². The molecule has 0 fully saturated rings. The van der Waals surface area contributed by atoms with Crippen LogP contribution >= 0.6 is 54.6 Å². The third-order valence-corrected chi connectivity index (χ3v) is 11.6. The van der Waals surface area contributed by atoms with Crippen molar-refractivity contribution in [2.45, 2.75) is 117 Å². The first-order chi connectivity index (χ1) is 13.5. The highest BCUT2D eigenvalue weighted by atomic mass is 127. The fourth-order valence-corrected chi connectivity index (χ4v) is 8.27. The molecular weight excluding hydrogens is 546 g/mol. The van der Waals surface area contributed by atoms with Crippen LogP contribution in [-0.2, 0) is 9.32 Å². The number of halogens is 1. The van der Waals surface area contributed by atoms with Crippen LogP contribution in [0.2, 0.25) is 0 Å². The van der Waals surface area contributed by atoms with E-state index >= 15 is 0 Å². The summed E-state index contributed by atoms with van der Waals surface area (Å²) in [5.41, 5.74) is 0. The number of thioether (sulfide) groups is 2. The molecule has 0 heterocycles. The van der Waals surface area contributed by atoms with Crippen LogP contribution in [0.25, 0.3) is 0 Å². The zero-order valence-electron chi connectivity index (χ0n) is 21.3. The minimum atomic E-state index is -0.872. The van der Waals surface area contributed by atoms with Crippen molar-refractivity contribution in [3.8, 4) is 0 Å². The maximum absolute atomic E-state index is 11.9. The second kappa shape index (κ2) is 14.0. The highest BCUT2D eigenvalue weighted by Crippen LogP contribution is 2.52. The van der Waals surface area contributed by atoms with Gasteiger partial charge < -0.3 is 4.52 Å². The summed E-state index contributed by atoms with van der Waals surface area (Å²) in [5, 5.41) is 0.257. The molecule has 0 aliphatic rings. The lowest BCUT2D eigenvalue weighted by molar-refractivity contribution is -0.108. The molecule has 0 saturated carbocycles. The number of carbonyl (C=O) groups is 1.